The molecule has 106 valence electrons. The quantitative estimate of drug-likeness (QED) is 0.694. The van der Waals surface area contributed by atoms with Crippen LogP contribution in [0.3, 0.4) is 0 Å². The summed E-state index contributed by atoms with van der Waals surface area (Å²) >= 11 is 6.04. The van der Waals surface area contributed by atoms with Crippen LogP contribution in [0.2, 0.25) is 0 Å². The zero-order valence-electron chi connectivity index (χ0n) is 11.3. The van der Waals surface area contributed by atoms with Crippen molar-refractivity contribution in [3.63, 3.8) is 0 Å². The number of aromatic nitrogens is 2. The molecule has 0 saturated carbocycles. The van der Waals surface area contributed by atoms with E-state index in [1.807, 2.05) is 36.4 Å². The molecule has 0 unspecified atom stereocenters. The van der Waals surface area contributed by atoms with Crippen molar-refractivity contribution in [1.29, 1.82) is 0 Å². The summed E-state index contributed by atoms with van der Waals surface area (Å²) in [4.78, 5) is 4.57. The second-order valence-corrected chi connectivity index (χ2v) is 5.19. The monoisotopic (exact) mass is 300 g/mol. The van der Waals surface area contributed by atoms with Crippen molar-refractivity contribution in [2.45, 2.75) is 12.4 Å². The van der Waals surface area contributed by atoms with Crippen LogP contribution < -0.4 is 9.47 Å². The number of benzene rings is 2. The summed E-state index contributed by atoms with van der Waals surface area (Å²) in [5.74, 6) is 2.85. The summed E-state index contributed by atoms with van der Waals surface area (Å²) in [7, 11) is 0. The Morgan fingerprint density at radius 3 is 2.86 bits per heavy atom. The summed E-state index contributed by atoms with van der Waals surface area (Å²) in [5, 5.41) is 0. The van der Waals surface area contributed by atoms with Gasteiger partial charge in [-0.1, -0.05) is 18.2 Å². The number of halogens is 1. The van der Waals surface area contributed by atoms with Crippen LogP contribution in [0.4, 0.5) is 0 Å². The van der Waals surface area contributed by atoms with Gasteiger partial charge in [-0.15, -0.1) is 11.6 Å². The average molecular weight is 301 g/mol. The van der Waals surface area contributed by atoms with Crippen molar-refractivity contribution in [1.82, 2.24) is 9.55 Å². The fourth-order valence-corrected chi connectivity index (χ4v) is 2.83. The molecule has 3 aromatic rings. The van der Waals surface area contributed by atoms with E-state index in [1.165, 1.54) is 0 Å². The zero-order chi connectivity index (χ0) is 14.2. The number of hydrogen-bond acceptors (Lipinski definition) is 3. The second kappa shape index (κ2) is 4.97. The number of ether oxygens (including phenoxy) is 2. The standard InChI is InChI=1S/C16H13ClN2O2/c17-8-16-18-12-3-1-2-4-13(12)19(16)9-11-5-6-14-15(7-11)21-10-20-14/h1-7H,8-10H2. The molecular formula is C16H13ClN2O2. The van der Waals surface area contributed by atoms with E-state index in [0.717, 1.165) is 33.9 Å². The van der Waals surface area contributed by atoms with Gasteiger partial charge in [0.25, 0.3) is 0 Å². The fraction of sp³-hybridized carbons (Fsp3) is 0.188. The van der Waals surface area contributed by atoms with Crippen LogP contribution in [-0.2, 0) is 12.4 Å². The highest BCUT2D eigenvalue weighted by molar-refractivity contribution is 6.16. The number of imidazole rings is 1. The zero-order valence-corrected chi connectivity index (χ0v) is 12.0. The van der Waals surface area contributed by atoms with E-state index in [4.69, 9.17) is 21.1 Å². The van der Waals surface area contributed by atoms with Gasteiger partial charge in [0.15, 0.2) is 11.5 Å². The lowest BCUT2D eigenvalue weighted by Crippen LogP contribution is -2.03. The minimum Gasteiger partial charge on any atom is -0.454 e. The normalized spacial score (nSPS) is 13.0. The predicted octanol–water partition coefficient (Wildman–Crippen LogP) is 3.55. The molecule has 0 fully saturated rings. The van der Waals surface area contributed by atoms with Crippen molar-refractivity contribution >= 4 is 22.6 Å². The molecule has 1 aliphatic rings. The lowest BCUT2D eigenvalue weighted by Gasteiger charge is -2.08. The van der Waals surface area contributed by atoms with Crippen LogP contribution >= 0.6 is 11.6 Å². The molecule has 1 aliphatic heterocycles. The molecule has 2 heterocycles. The molecule has 0 spiro atoms. The first-order valence-electron chi connectivity index (χ1n) is 6.74. The van der Waals surface area contributed by atoms with E-state index in [9.17, 15) is 0 Å². The summed E-state index contributed by atoms with van der Waals surface area (Å²) in [6.07, 6.45) is 0. The summed E-state index contributed by atoms with van der Waals surface area (Å²) in [6, 6.07) is 14.1. The maximum absolute atomic E-state index is 6.04. The van der Waals surface area contributed by atoms with E-state index in [0.29, 0.717) is 19.2 Å². The maximum Gasteiger partial charge on any atom is 0.231 e. The molecule has 0 amide bonds. The van der Waals surface area contributed by atoms with Crippen LogP contribution in [-0.4, -0.2) is 16.3 Å². The first-order chi connectivity index (χ1) is 10.3. The third-order valence-electron chi connectivity index (χ3n) is 3.63. The van der Waals surface area contributed by atoms with Crippen molar-refractivity contribution < 1.29 is 9.47 Å². The number of alkyl halides is 1. The van der Waals surface area contributed by atoms with Gasteiger partial charge in [0.2, 0.25) is 6.79 Å². The Kier molecular flexibility index (Phi) is 2.97. The maximum atomic E-state index is 6.04. The van der Waals surface area contributed by atoms with Crippen LogP contribution in [0.15, 0.2) is 42.5 Å². The highest BCUT2D eigenvalue weighted by Crippen LogP contribution is 2.33. The molecule has 4 rings (SSSR count). The van der Waals surface area contributed by atoms with Gasteiger partial charge in [0.05, 0.1) is 16.9 Å². The van der Waals surface area contributed by atoms with E-state index < -0.39 is 0 Å². The topological polar surface area (TPSA) is 36.3 Å². The van der Waals surface area contributed by atoms with Gasteiger partial charge in [0, 0.05) is 6.54 Å². The number of nitrogens with zero attached hydrogens (tertiary/aromatic N) is 2. The first kappa shape index (κ1) is 12.5. The first-order valence-corrected chi connectivity index (χ1v) is 7.27. The smallest absolute Gasteiger partial charge is 0.231 e. The van der Waals surface area contributed by atoms with Gasteiger partial charge in [-0.25, -0.2) is 4.98 Å². The van der Waals surface area contributed by atoms with E-state index in [2.05, 4.69) is 15.6 Å². The van der Waals surface area contributed by atoms with Crippen LogP contribution in [0.25, 0.3) is 11.0 Å². The Morgan fingerprint density at radius 2 is 1.95 bits per heavy atom. The number of hydrogen-bond donors (Lipinski definition) is 0. The van der Waals surface area contributed by atoms with Gasteiger partial charge in [0.1, 0.15) is 5.82 Å². The predicted molar refractivity (Wildman–Crippen MR) is 81.0 cm³/mol. The van der Waals surface area contributed by atoms with Crippen molar-refractivity contribution in [2.75, 3.05) is 6.79 Å². The molecular weight excluding hydrogens is 288 g/mol. The lowest BCUT2D eigenvalue weighted by atomic mass is 10.2. The average Bonchev–Trinajstić information content (AvgIpc) is 3.11. The highest BCUT2D eigenvalue weighted by atomic mass is 35.5. The van der Waals surface area contributed by atoms with Crippen LogP contribution in [0, 0.1) is 0 Å². The minimum absolute atomic E-state index is 0.291. The molecule has 2 aromatic carbocycles. The Bertz CT molecular complexity index is 813. The molecule has 0 saturated heterocycles. The fourth-order valence-electron chi connectivity index (χ4n) is 2.63. The van der Waals surface area contributed by atoms with Gasteiger partial charge < -0.3 is 14.0 Å². The highest BCUT2D eigenvalue weighted by Gasteiger charge is 2.15. The molecule has 4 nitrogen and oxygen atoms in total. The Balaban J connectivity index is 1.77. The van der Waals surface area contributed by atoms with Crippen molar-refractivity contribution in [3.05, 3.63) is 53.9 Å². The van der Waals surface area contributed by atoms with E-state index in [1.54, 1.807) is 0 Å². The molecule has 5 heteroatoms. The Labute approximate surface area is 126 Å². The lowest BCUT2D eigenvalue weighted by molar-refractivity contribution is 0.174. The summed E-state index contributed by atoms with van der Waals surface area (Å²) in [6.45, 7) is 0.999. The van der Waals surface area contributed by atoms with Gasteiger partial charge in [-0.3, -0.25) is 0 Å². The number of rotatable bonds is 3. The van der Waals surface area contributed by atoms with Crippen molar-refractivity contribution in [2.24, 2.45) is 0 Å². The van der Waals surface area contributed by atoms with Gasteiger partial charge in [-0.2, -0.15) is 0 Å². The van der Waals surface area contributed by atoms with Crippen molar-refractivity contribution in [3.8, 4) is 11.5 Å². The van der Waals surface area contributed by atoms with Crippen LogP contribution in [0.5, 0.6) is 11.5 Å². The third-order valence-corrected chi connectivity index (χ3v) is 3.87. The summed E-state index contributed by atoms with van der Waals surface area (Å²) < 4.78 is 12.9. The SMILES string of the molecule is ClCc1nc2ccccc2n1Cc1ccc2c(c1)OCO2. The molecule has 21 heavy (non-hydrogen) atoms. The van der Waals surface area contributed by atoms with E-state index >= 15 is 0 Å². The van der Waals surface area contributed by atoms with Gasteiger partial charge in [-0.05, 0) is 29.8 Å². The second-order valence-electron chi connectivity index (χ2n) is 4.92. The molecule has 0 aliphatic carbocycles. The molecule has 0 bridgehead atoms. The van der Waals surface area contributed by atoms with Crippen LogP contribution in [0.1, 0.15) is 11.4 Å². The largest absolute Gasteiger partial charge is 0.454 e. The number of fused-ring (bicyclic) bond motifs is 2. The van der Waals surface area contributed by atoms with Gasteiger partial charge >= 0.3 is 0 Å². The summed E-state index contributed by atoms with van der Waals surface area (Å²) in [5.41, 5.74) is 3.19. The molecule has 0 radical (unpaired) electrons. The minimum atomic E-state index is 0.291. The molecule has 0 atom stereocenters. The van der Waals surface area contributed by atoms with E-state index in [-0.39, 0.29) is 0 Å². The third kappa shape index (κ3) is 2.12. The number of para-hydroxylation sites is 2. The Hall–Kier alpha value is -2.20. The molecule has 0 N–H and O–H groups in total. The molecule has 1 aromatic heterocycles. The Morgan fingerprint density at radius 1 is 1.10 bits per heavy atom.